The molecule has 0 saturated heterocycles. The number of benzene rings is 1. The summed E-state index contributed by atoms with van der Waals surface area (Å²) in [6.07, 6.45) is 3.06. The van der Waals surface area contributed by atoms with Crippen LogP contribution in [0.4, 0.5) is 0 Å². The second-order valence-corrected chi connectivity index (χ2v) is 12.3. The maximum absolute atomic E-state index is 13.6. The lowest BCUT2D eigenvalue weighted by Crippen LogP contribution is -2.53. The molecule has 0 spiro atoms. The van der Waals surface area contributed by atoms with Gasteiger partial charge in [0.1, 0.15) is 12.6 Å². The molecular weight excluding hydrogens is 478 g/mol. The first-order chi connectivity index (χ1) is 16.9. The van der Waals surface area contributed by atoms with Gasteiger partial charge in [0.15, 0.2) is 0 Å². The highest BCUT2D eigenvalue weighted by Gasteiger charge is 2.57. The molecule has 0 aliphatic heterocycles. The normalized spacial score (nSPS) is 24.1. The van der Waals surface area contributed by atoms with Crippen LogP contribution in [0.1, 0.15) is 34.6 Å². The average molecular weight is 513 g/mol. The van der Waals surface area contributed by atoms with Crippen LogP contribution in [0.15, 0.2) is 65.4 Å². The monoisotopic (exact) mass is 512 g/mol. The van der Waals surface area contributed by atoms with Crippen molar-refractivity contribution in [1.82, 2.24) is 0 Å². The Balaban J connectivity index is 1.24. The molecule has 5 rings (SSSR count). The molecular formula is C28H34NO4S2+. The van der Waals surface area contributed by atoms with Crippen molar-refractivity contribution in [3.05, 3.63) is 80.7 Å². The van der Waals surface area contributed by atoms with Crippen molar-refractivity contribution in [2.45, 2.75) is 43.6 Å². The Morgan fingerprint density at radius 1 is 1.03 bits per heavy atom. The number of rotatable bonds is 10. The Hall–Kier alpha value is -2.03. The van der Waals surface area contributed by atoms with Crippen molar-refractivity contribution in [3.8, 4) is 0 Å². The fraction of sp³-hybridized carbons (Fsp3) is 0.464. The van der Waals surface area contributed by atoms with E-state index in [2.05, 4.69) is 26.2 Å². The lowest BCUT2D eigenvalue weighted by Gasteiger charge is -2.40. The molecule has 4 atom stereocenters. The van der Waals surface area contributed by atoms with Crippen molar-refractivity contribution in [2.75, 3.05) is 27.2 Å². The molecule has 0 radical (unpaired) electrons. The number of ether oxygens (including phenoxy) is 2. The quantitative estimate of drug-likeness (QED) is 0.235. The highest BCUT2D eigenvalue weighted by molar-refractivity contribution is 7.12. The van der Waals surface area contributed by atoms with Crippen LogP contribution in [-0.4, -0.2) is 55.0 Å². The Morgan fingerprint density at radius 3 is 2.34 bits per heavy atom. The summed E-state index contributed by atoms with van der Waals surface area (Å²) in [5.41, 5.74) is -0.552. The van der Waals surface area contributed by atoms with Crippen molar-refractivity contribution >= 4 is 28.6 Å². The number of likely N-dealkylation sites (N-methyl/N-ethyl adjacent to an activating group) is 1. The second-order valence-electron chi connectivity index (χ2n) is 10.4. The molecule has 5 nitrogen and oxygen atoms in total. The maximum Gasteiger partial charge on any atom is 0.349 e. The highest BCUT2D eigenvalue weighted by Crippen LogP contribution is 2.50. The van der Waals surface area contributed by atoms with Gasteiger partial charge in [0, 0.05) is 18.3 Å². The molecule has 1 aromatic carbocycles. The van der Waals surface area contributed by atoms with Crippen molar-refractivity contribution < 1.29 is 23.9 Å². The van der Waals surface area contributed by atoms with Crippen LogP contribution < -0.4 is 0 Å². The number of esters is 1. The lowest BCUT2D eigenvalue weighted by molar-refractivity contribution is -0.919. The summed E-state index contributed by atoms with van der Waals surface area (Å²) in [5, 5.41) is 15.4. The number of nitrogens with zero attached hydrogens (tertiary/aromatic N) is 1. The predicted molar refractivity (Wildman–Crippen MR) is 139 cm³/mol. The first-order valence-corrected chi connectivity index (χ1v) is 14.1. The van der Waals surface area contributed by atoms with Gasteiger partial charge in [0.05, 0.1) is 43.1 Å². The Labute approximate surface area is 215 Å². The molecule has 35 heavy (non-hydrogen) atoms. The molecule has 2 aliphatic carbocycles. The zero-order valence-corrected chi connectivity index (χ0v) is 22.0. The van der Waals surface area contributed by atoms with E-state index in [-0.39, 0.29) is 6.10 Å². The van der Waals surface area contributed by atoms with Crippen LogP contribution >= 0.6 is 22.7 Å². The van der Waals surface area contributed by atoms with Crippen LogP contribution in [0, 0.1) is 11.8 Å². The molecule has 2 saturated carbocycles. The minimum absolute atomic E-state index is 0.137. The number of hydrogen-bond acceptors (Lipinski definition) is 6. The van der Waals surface area contributed by atoms with Gasteiger partial charge in [-0.15, -0.1) is 22.7 Å². The fourth-order valence-electron chi connectivity index (χ4n) is 5.95. The number of aliphatic hydroxyl groups is 1. The SMILES string of the molecule is C[N+](C)(CCOCc1ccccc1)C1CC2CCC1C2OC(=O)C(O)(c1cccs1)c1cccs1. The minimum Gasteiger partial charge on any atom is -0.459 e. The summed E-state index contributed by atoms with van der Waals surface area (Å²) in [6.45, 7) is 2.23. The van der Waals surface area contributed by atoms with Gasteiger partial charge < -0.3 is 19.1 Å². The van der Waals surface area contributed by atoms with Crippen LogP contribution in [-0.2, 0) is 26.5 Å². The zero-order chi connectivity index (χ0) is 24.5. The fourth-order valence-corrected chi connectivity index (χ4v) is 7.66. The number of carbonyl (C=O) groups is 1. The van der Waals surface area contributed by atoms with E-state index in [1.165, 1.54) is 28.2 Å². The van der Waals surface area contributed by atoms with Gasteiger partial charge in [-0.1, -0.05) is 42.5 Å². The third-order valence-corrected chi connectivity index (χ3v) is 9.87. The van der Waals surface area contributed by atoms with Gasteiger partial charge in [-0.2, -0.15) is 0 Å². The lowest BCUT2D eigenvalue weighted by atomic mass is 9.93. The van der Waals surface area contributed by atoms with Gasteiger partial charge in [0.2, 0.25) is 5.60 Å². The van der Waals surface area contributed by atoms with E-state index >= 15 is 0 Å². The zero-order valence-electron chi connectivity index (χ0n) is 20.3. The standard InChI is InChI=1S/C28H34NO4S2/c1-29(2,14-15-32-19-20-8-4-3-5-9-20)23-18-21-12-13-22(23)26(21)33-27(30)28(31,24-10-6-16-34-24)25-11-7-17-35-25/h3-11,16-17,21-23,26,31H,12-15,18-19H2,1-2H3/q+1. The van der Waals surface area contributed by atoms with Crippen LogP contribution in [0.2, 0.25) is 0 Å². The molecule has 2 fully saturated rings. The van der Waals surface area contributed by atoms with E-state index in [9.17, 15) is 9.90 Å². The third kappa shape index (κ3) is 4.85. The number of quaternary nitrogens is 1. The summed E-state index contributed by atoms with van der Waals surface area (Å²) in [4.78, 5) is 14.8. The van der Waals surface area contributed by atoms with Gasteiger partial charge >= 0.3 is 5.97 Å². The minimum atomic E-state index is -1.74. The van der Waals surface area contributed by atoms with Crippen LogP contribution in [0.5, 0.6) is 0 Å². The van der Waals surface area contributed by atoms with E-state index in [1.54, 1.807) is 0 Å². The van der Waals surface area contributed by atoms with E-state index in [1.807, 2.05) is 53.2 Å². The Bertz CT molecular complexity index is 1060. The second kappa shape index (κ2) is 10.1. The van der Waals surface area contributed by atoms with Crippen molar-refractivity contribution in [3.63, 3.8) is 0 Å². The summed E-state index contributed by atoms with van der Waals surface area (Å²) < 4.78 is 13.0. The van der Waals surface area contributed by atoms with E-state index < -0.39 is 11.6 Å². The van der Waals surface area contributed by atoms with Crippen molar-refractivity contribution in [1.29, 1.82) is 0 Å². The number of fused-ring (bicyclic) bond motifs is 2. The maximum atomic E-state index is 13.6. The summed E-state index contributed by atoms with van der Waals surface area (Å²) in [6, 6.07) is 18.0. The third-order valence-electron chi connectivity index (χ3n) is 7.91. The first-order valence-electron chi connectivity index (χ1n) is 12.4. The molecule has 7 heteroatoms. The number of carbonyl (C=O) groups excluding carboxylic acids is 1. The van der Waals surface area contributed by atoms with Gasteiger partial charge in [0.25, 0.3) is 0 Å². The van der Waals surface area contributed by atoms with Crippen LogP contribution in [0.3, 0.4) is 0 Å². The Kier molecular flexibility index (Phi) is 7.15. The van der Waals surface area contributed by atoms with Crippen LogP contribution in [0.25, 0.3) is 0 Å². The molecule has 3 aromatic rings. The molecule has 2 bridgehead atoms. The van der Waals surface area contributed by atoms with Crippen molar-refractivity contribution in [2.24, 2.45) is 11.8 Å². The molecule has 2 aliphatic rings. The molecule has 186 valence electrons. The molecule has 2 aromatic heterocycles. The van der Waals surface area contributed by atoms with E-state index in [4.69, 9.17) is 9.47 Å². The summed E-state index contributed by atoms with van der Waals surface area (Å²) in [7, 11) is 4.54. The topological polar surface area (TPSA) is 55.8 Å². The predicted octanol–water partition coefficient (Wildman–Crippen LogP) is 5.05. The molecule has 0 amide bonds. The molecule has 4 unspecified atom stereocenters. The van der Waals surface area contributed by atoms with E-state index in [0.717, 1.165) is 30.3 Å². The number of hydrogen-bond donors (Lipinski definition) is 1. The smallest absolute Gasteiger partial charge is 0.349 e. The highest BCUT2D eigenvalue weighted by atomic mass is 32.1. The molecule has 2 heterocycles. The molecule has 1 N–H and O–H groups in total. The van der Waals surface area contributed by atoms with E-state index in [0.29, 0.717) is 40.8 Å². The van der Waals surface area contributed by atoms with Gasteiger partial charge in [-0.05, 0) is 41.3 Å². The summed E-state index contributed by atoms with van der Waals surface area (Å²) in [5.74, 6) is 0.123. The summed E-state index contributed by atoms with van der Waals surface area (Å²) >= 11 is 2.77. The first kappa shape index (κ1) is 24.7. The number of thiophene rings is 2. The van der Waals surface area contributed by atoms with Gasteiger partial charge in [-0.25, -0.2) is 4.79 Å². The largest absolute Gasteiger partial charge is 0.459 e. The Morgan fingerprint density at radius 2 is 1.71 bits per heavy atom. The van der Waals surface area contributed by atoms with Gasteiger partial charge in [-0.3, -0.25) is 0 Å². The average Bonchev–Trinajstić information content (AvgIpc) is 3.68.